The largest absolute Gasteiger partial charge is 0.396 e. The van der Waals surface area contributed by atoms with Gasteiger partial charge in [0, 0.05) is 18.6 Å². The molecule has 0 aromatic heterocycles. The van der Waals surface area contributed by atoms with E-state index in [1.165, 1.54) is 0 Å². The molecule has 1 fully saturated rings. The van der Waals surface area contributed by atoms with Crippen LogP contribution in [-0.2, 0) is 0 Å². The standard InChI is InChI=1S/C6H13NO3/c7-4-1-3(2-8)5(9)6(4)10/h3-6,8-10H,1-2,7H2/t3-,4-,5?,6?/m1/s1. The first kappa shape index (κ1) is 7.94. The van der Waals surface area contributed by atoms with Crippen molar-refractivity contribution in [1.29, 1.82) is 0 Å². The monoisotopic (exact) mass is 147 g/mol. The molecule has 1 saturated carbocycles. The van der Waals surface area contributed by atoms with Crippen LogP contribution in [0.4, 0.5) is 0 Å². The van der Waals surface area contributed by atoms with E-state index in [0.29, 0.717) is 6.42 Å². The first-order valence-corrected chi connectivity index (χ1v) is 3.39. The fraction of sp³-hybridized carbons (Fsp3) is 1.00. The molecular formula is C6H13NO3. The molecule has 0 aromatic rings. The molecule has 0 amide bonds. The minimum atomic E-state index is -0.864. The van der Waals surface area contributed by atoms with Crippen LogP contribution in [0.5, 0.6) is 0 Å². The number of aliphatic hydroxyl groups is 3. The topological polar surface area (TPSA) is 86.7 Å². The predicted octanol–water partition coefficient (Wildman–Crippen LogP) is -1.95. The lowest BCUT2D eigenvalue weighted by Gasteiger charge is -2.13. The number of aliphatic hydroxyl groups excluding tert-OH is 3. The van der Waals surface area contributed by atoms with E-state index >= 15 is 0 Å². The van der Waals surface area contributed by atoms with Gasteiger partial charge in [0.2, 0.25) is 0 Å². The predicted molar refractivity (Wildman–Crippen MR) is 35.2 cm³/mol. The molecule has 2 unspecified atom stereocenters. The summed E-state index contributed by atoms with van der Waals surface area (Å²) < 4.78 is 0. The van der Waals surface area contributed by atoms with Gasteiger partial charge in [0.15, 0.2) is 0 Å². The number of hydrogen-bond donors (Lipinski definition) is 4. The van der Waals surface area contributed by atoms with Gasteiger partial charge in [-0.3, -0.25) is 0 Å². The lowest BCUT2D eigenvalue weighted by atomic mass is 10.1. The highest BCUT2D eigenvalue weighted by molar-refractivity contribution is 4.92. The number of hydrogen-bond acceptors (Lipinski definition) is 4. The van der Waals surface area contributed by atoms with Gasteiger partial charge >= 0.3 is 0 Å². The first-order chi connectivity index (χ1) is 4.66. The Morgan fingerprint density at radius 3 is 2.10 bits per heavy atom. The van der Waals surface area contributed by atoms with E-state index in [1.54, 1.807) is 0 Å². The van der Waals surface area contributed by atoms with E-state index in [9.17, 15) is 0 Å². The average Bonchev–Trinajstić information content (AvgIpc) is 2.17. The van der Waals surface area contributed by atoms with Gasteiger partial charge in [-0.25, -0.2) is 0 Å². The Bertz CT molecular complexity index is 120. The minimum absolute atomic E-state index is 0.105. The number of nitrogens with two attached hydrogens (primary N) is 1. The van der Waals surface area contributed by atoms with Crippen molar-refractivity contribution in [3.63, 3.8) is 0 Å². The molecular weight excluding hydrogens is 134 g/mol. The van der Waals surface area contributed by atoms with Gasteiger partial charge in [-0.1, -0.05) is 0 Å². The Hall–Kier alpha value is -0.160. The van der Waals surface area contributed by atoms with Gasteiger partial charge in [0.1, 0.15) is 0 Å². The highest BCUT2D eigenvalue weighted by Crippen LogP contribution is 2.24. The molecule has 4 nitrogen and oxygen atoms in total. The zero-order valence-corrected chi connectivity index (χ0v) is 5.64. The summed E-state index contributed by atoms with van der Waals surface area (Å²) in [6.45, 7) is -0.105. The van der Waals surface area contributed by atoms with Crippen LogP contribution >= 0.6 is 0 Å². The Balaban J connectivity index is 2.53. The van der Waals surface area contributed by atoms with Gasteiger partial charge in [-0.15, -0.1) is 0 Å². The van der Waals surface area contributed by atoms with Crippen molar-refractivity contribution in [2.24, 2.45) is 11.7 Å². The Kier molecular flexibility index (Phi) is 2.25. The second-order valence-electron chi connectivity index (χ2n) is 2.82. The normalized spacial score (nSPS) is 48.0. The third-order valence-corrected chi connectivity index (χ3v) is 2.08. The third-order valence-electron chi connectivity index (χ3n) is 2.08. The summed E-state index contributed by atoms with van der Waals surface area (Å²) in [6, 6.07) is -0.382. The molecule has 5 N–H and O–H groups in total. The second kappa shape index (κ2) is 2.84. The van der Waals surface area contributed by atoms with Gasteiger partial charge in [0.05, 0.1) is 12.2 Å². The molecule has 60 valence electrons. The van der Waals surface area contributed by atoms with Crippen molar-refractivity contribution in [2.45, 2.75) is 24.7 Å². The molecule has 10 heavy (non-hydrogen) atoms. The van der Waals surface area contributed by atoms with Crippen LogP contribution < -0.4 is 5.73 Å². The minimum Gasteiger partial charge on any atom is -0.396 e. The van der Waals surface area contributed by atoms with Crippen LogP contribution in [0.3, 0.4) is 0 Å². The molecule has 4 heteroatoms. The number of rotatable bonds is 1. The van der Waals surface area contributed by atoms with Crippen molar-refractivity contribution in [3.8, 4) is 0 Å². The van der Waals surface area contributed by atoms with Gasteiger partial charge < -0.3 is 21.1 Å². The molecule has 0 aliphatic heterocycles. The highest BCUT2D eigenvalue weighted by Gasteiger charge is 2.38. The van der Waals surface area contributed by atoms with E-state index in [4.69, 9.17) is 21.1 Å². The molecule has 1 aliphatic rings. The Morgan fingerprint density at radius 2 is 1.90 bits per heavy atom. The fourth-order valence-corrected chi connectivity index (χ4v) is 1.34. The molecule has 1 rings (SSSR count). The Labute approximate surface area is 59.3 Å². The maximum absolute atomic E-state index is 9.14. The van der Waals surface area contributed by atoms with Crippen LogP contribution in [0.2, 0.25) is 0 Å². The summed E-state index contributed by atoms with van der Waals surface area (Å²) in [7, 11) is 0. The molecule has 4 atom stereocenters. The zero-order chi connectivity index (χ0) is 7.72. The van der Waals surface area contributed by atoms with Crippen molar-refractivity contribution in [3.05, 3.63) is 0 Å². The fourth-order valence-electron chi connectivity index (χ4n) is 1.34. The van der Waals surface area contributed by atoms with Crippen molar-refractivity contribution in [1.82, 2.24) is 0 Å². The maximum atomic E-state index is 9.14. The van der Waals surface area contributed by atoms with Crippen LogP contribution in [-0.4, -0.2) is 40.2 Å². The lowest BCUT2D eigenvalue weighted by molar-refractivity contribution is 0.00300. The van der Waals surface area contributed by atoms with E-state index in [0.717, 1.165) is 0 Å². The van der Waals surface area contributed by atoms with E-state index in [1.807, 2.05) is 0 Å². The van der Waals surface area contributed by atoms with Gasteiger partial charge in [0.25, 0.3) is 0 Å². The lowest BCUT2D eigenvalue weighted by Crippen LogP contribution is -2.35. The van der Waals surface area contributed by atoms with Crippen molar-refractivity contribution in [2.75, 3.05) is 6.61 Å². The van der Waals surface area contributed by atoms with Crippen LogP contribution in [0, 0.1) is 5.92 Å². The molecule has 0 aromatic carbocycles. The quantitative estimate of drug-likeness (QED) is 0.347. The third kappa shape index (κ3) is 1.15. The summed E-state index contributed by atoms with van der Waals surface area (Å²) in [6.07, 6.45) is -1.21. The van der Waals surface area contributed by atoms with E-state index in [2.05, 4.69) is 0 Å². The van der Waals surface area contributed by atoms with E-state index in [-0.39, 0.29) is 18.6 Å². The summed E-state index contributed by atoms with van der Waals surface area (Å²) in [5, 5.41) is 26.9. The molecule has 1 aliphatic carbocycles. The summed E-state index contributed by atoms with van der Waals surface area (Å²) in [4.78, 5) is 0. The smallest absolute Gasteiger partial charge is 0.0953 e. The molecule has 0 radical (unpaired) electrons. The van der Waals surface area contributed by atoms with Crippen LogP contribution in [0.1, 0.15) is 6.42 Å². The summed E-state index contributed by atoms with van der Waals surface area (Å²) >= 11 is 0. The van der Waals surface area contributed by atoms with Crippen LogP contribution in [0.15, 0.2) is 0 Å². The molecule has 0 saturated heterocycles. The van der Waals surface area contributed by atoms with Crippen molar-refractivity contribution < 1.29 is 15.3 Å². The van der Waals surface area contributed by atoms with E-state index < -0.39 is 12.2 Å². The first-order valence-electron chi connectivity index (χ1n) is 3.39. The molecule has 0 heterocycles. The zero-order valence-electron chi connectivity index (χ0n) is 5.64. The van der Waals surface area contributed by atoms with Gasteiger partial charge in [-0.05, 0) is 6.42 Å². The average molecular weight is 147 g/mol. The highest BCUT2D eigenvalue weighted by atomic mass is 16.3. The summed E-state index contributed by atoms with van der Waals surface area (Å²) in [5.74, 6) is -0.245. The second-order valence-corrected chi connectivity index (χ2v) is 2.82. The SMILES string of the molecule is N[C@@H]1C[C@H](CO)C(O)C1O. The summed E-state index contributed by atoms with van der Waals surface area (Å²) in [5.41, 5.74) is 5.41. The molecule has 0 bridgehead atoms. The Morgan fingerprint density at radius 1 is 1.30 bits per heavy atom. The maximum Gasteiger partial charge on any atom is 0.0953 e. The van der Waals surface area contributed by atoms with Crippen LogP contribution in [0.25, 0.3) is 0 Å². The van der Waals surface area contributed by atoms with Gasteiger partial charge in [-0.2, -0.15) is 0 Å². The molecule has 0 spiro atoms. The van der Waals surface area contributed by atoms with Crippen molar-refractivity contribution >= 4 is 0 Å².